The second-order valence-corrected chi connectivity index (χ2v) is 4.54. The molecule has 0 aliphatic carbocycles. The molecule has 2 rings (SSSR count). The van der Waals surface area contributed by atoms with Crippen LogP contribution in [-0.4, -0.2) is 22.6 Å². The Morgan fingerprint density at radius 1 is 1.37 bits per heavy atom. The number of rotatable bonds is 2. The molecule has 19 heavy (non-hydrogen) atoms. The minimum absolute atomic E-state index is 0.0198. The van der Waals surface area contributed by atoms with E-state index in [0.717, 1.165) is 0 Å². The van der Waals surface area contributed by atoms with Gasteiger partial charge in [0.1, 0.15) is 11.3 Å². The highest BCUT2D eigenvalue weighted by molar-refractivity contribution is 6.00. The van der Waals surface area contributed by atoms with Crippen molar-refractivity contribution in [2.75, 3.05) is 7.11 Å². The molecule has 0 unspecified atom stereocenters. The van der Waals surface area contributed by atoms with Gasteiger partial charge in [-0.3, -0.25) is 9.20 Å². The molecule has 0 radical (unpaired) electrons. The number of methoxy groups -OCH3 is 1. The number of nitrogens with zero attached hydrogens (tertiary/aromatic N) is 1. The molecule has 0 aromatic carbocycles. The van der Waals surface area contributed by atoms with E-state index in [9.17, 15) is 14.7 Å². The molecule has 0 fully saturated rings. The summed E-state index contributed by atoms with van der Waals surface area (Å²) in [5.74, 6) is -1.16. The van der Waals surface area contributed by atoms with E-state index in [1.807, 2.05) is 0 Å². The summed E-state index contributed by atoms with van der Waals surface area (Å²) in [6, 6.07) is 4.98. The Morgan fingerprint density at radius 3 is 2.63 bits per heavy atom. The Morgan fingerprint density at radius 2 is 2.05 bits per heavy atom. The average Bonchev–Trinajstić information content (AvgIpc) is 2.38. The second kappa shape index (κ2) is 4.76. The summed E-state index contributed by atoms with van der Waals surface area (Å²) in [6.07, 6.45) is 1.56. The van der Waals surface area contributed by atoms with Gasteiger partial charge in [0, 0.05) is 6.20 Å². The van der Waals surface area contributed by atoms with E-state index >= 15 is 0 Å². The number of aromatic hydroxyl groups is 1. The maximum atomic E-state index is 12.3. The number of hydrogen-bond acceptors (Lipinski definition) is 4. The highest BCUT2D eigenvalue weighted by Crippen LogP contribution is 2.29. The first-order chi connectivity index (χ1) is 8.99. The molecule has 2 heterocycles. The van der Waals surface area contributed by atoms with Gasteiger partial charge < -0.3 is 9.84 Å². The first kappa shape index (κ1) is 13.1. The van der Waals surface area contributed by atoms with Crippen molar-refractivity contribution in [1.82, 2.24) is 4.40 Å². The van der Waals surface area contributed by atoms with Gasteiger partial charge in [-0.15, -0.1) is 0 Å². The number of carbonyl (C=O) groups is 1. The number of carbonyl (C=O) groups excluding carboxylic acids is 1. The Bertz CT molecular complexity index is 700. The van der Waals surface area contributed by atoms with E-state index in [2.05, 4.69) is 4.74 Å². The summed E-state index contributed by atoms with van der Waals surface area (Å²) in [7, 11) is 1.24. The van der Waals surface area contributed by atoms with Crippen LogP contribution in [0, 0.1) is 0 Å². The number of fused-ring (bicyclic) bond motifs is 1. The van der Waals surface area contributed by atoms with Crippen LogP contribution in [0.4, 0.5) is 0 Å². The van der Waals surface area contributed by atoms with Crippen molar-refractivity contribution in [3.63, 3.8) is 0 Å². The van der Waals surface area contributed by atoms with Crippen LogP contribution >= 0.6 is 0 Å². The maximum Gasteiger partial charge on any atom is 0.343 e. The number of pyridine rings is 2. The molecule has 1 N–H and O–H groups in total. The molecule has 0 saturated heterocycles. The first-order valence-corrected chi connectivity index (χ1v) is 5.93. The summed E-state index contributed by atoms with van der Waals surface area (Å²) in [6.45, 7) is 3.57. The van der Waals surface area contributed by atoms with E-state index in [4.69, 9.17) is 0 Å². The SMILES string of the molecule is COC(=O)c1c(O)c(C(C)C)c(=O)n2ccccc12. The fourth-order valence-electron chi connectivity index (χ4n) is 2.13. The Kier molecular flexibility index (Phi) is 3.29. The molecule has 0 atom stereocenters. The lowest BCUT2D eigenvalue weighted by molar-refractivity contribution is 0.0599. The van der Waals surface area contributed by atoms with Crippen molar-refractivity contribution in [2.45, 2.75) is 19.8 Å². The van der Waals surface area contributed by atoms with Gasteiger partial charge in [0.2, 0.25) is 0 Å². The van der Waals surface area contributed by atoms with Gasteiger partial charge in [-0.1, -0.05) is 19.9 Å². The smallest absolute Gasteiger partial charge is 0.343 e. The topological polar surface area (TPSA) is 68.0 Å². The molecule has 0 aliphatic rings. The van der Waals surface area contributed by atoms with Crippen LogP contribution in [0.15, 0.2) is 29.2 Å². The van der Waals surface area contributed by atoms with E-state index in [1.54, 1.807) is 38.2 Å². The van der Waals surface area contributed by atoms with E-state index in [-0.39, 0.29) is 28.4 Å². The summed E-state index contributed by atoms with van der Waals surface area (Å²) in [5.41, 5.74) is 0.243. The fraction of sp³-hybridized carbons (Fsp3) is 0.286. The second-order valence-electron chi connectivity index (χ2n) is 4.54. The predicted molar refractivity (Wildman–Crippen MR) is 70.8 cm³/mol. The van der Waals surface area contributed by atoms with Gasteiger partial charge in [0.05, 0.1) is 18.2 Å². The molecule has 2 aromatic rings. The van der Waals surface area contributed by atoms with Gasteiger partial charge in [-0.25, -0.2) is 4.79 Å². The minimum atomic E-state index is -0.664. The van der Waals surface area contributed by atoms with E-state index in [0.29, 0.717) is 5.52 Å². The third-order valence-corrected chi connectivity index (χ3v) is 3.02. The highest BCUT2D eigenvalue weighted by atomic mass is 16.5. The molecule has 0 amide bonds. The summed E-state index contributed by atoms with van der Waals surface area (Å²) in [4.78, 5) is 24.1. The lowest BCUT2D eigenvalue weighted by Gasteiger charge is -2.14. The monoisotopic (exact) mass is 261 g/mol. The van der Waals surface area contributed by atoms with Crippen molar-refractivity contribution in [3.8, 4) is 5.75 Å². The van der Waals surface area contributed by atoms with Crippen molar-refractivity contribution in [2.24, 2.45) is 0 Å². The van der Waals surface area contributed by atoms with E-state index in [1.165, 1.54) is 11.5 Å². The van der Waals surface area contributed by atoms with Gasteiger partial charge in [0.15, 0.2) is 0 Å². The molecule has 0 bridgehead atoms. The lowest BCUT2D eigenvalue weighted by Crippen LogP contribution is -2.22. The van der Waals surface area contributed by atoms with Crippen molar-refractivity contribution >= 4 is 11.5 Å². The normalized spacial score (nSPS) is 10.9. The molecule has 2 aromatic heterocycles. The van der Waals surface area contributed by atoms with E-state index < -0.39 is 5.97 Å². The van der Waals surface area contributed by atoms with Crippen LogP contribution in [-0.2, 0) is 4.74 Å². The highest BCUT2D eigenvalue weighted by Gasteiger charge is 2.24. The van der Waals surface area contributed by atoms with Crippen LogP contribution in [0.3, 0.4) is 0 Å². The van der Waals surface area contributed by atoms with Crippen LogP contribution in [0.2, 0.25) is 0 Å². The van der Waals surface area contributed by atoms with Crippen molar-refractivity contribution in [3.05, 3.63) is 45.9 Å². The third-order valence-electron chi connectivity index (χ3n) is 3.02. The van der Waals surface area contributed by atoms with Crippen LogP contribution < -0.4 is 5.56 Å². The summed E-state index contributed by atoms with van der Waals surface area (Å²) in [5, 5.41) is 10.2. The molecule has 5 heteroatoms. The molecule has 0 aliphatic heterocycles. The molecule has 5 nitrogen and oxygen atoms in total. The third kappa shape index (κ3) is 1.97. The Hall–Kier alpha value is -2.30. The Balaban J connectivity index is 3.01. The number of ether oxygens (including phenoxy) is 1. The largest absolute Gasteiger partial charge is 0.506 e. The lowest BCUT2D eigenvalue weighted by atomic mass is 10.00. The fourth-order valence-corrected chi connectivity index (χ4v) is 2.13. The summed E-state index contributed by atoms with van der Waals surface area (Å²) >= 11 is 0. The van der Waals surface area contributed by atoms with Crippen LogP contribution in [0.25, 0.3) is 5.52 Å². The molecule has 0 spiro atoms. The number of hydrogen-bond donors (Lipinski definition) is 1. The zero-order valence-electron chi connectivity index (χ0n) is 11.0. The average molecular weight is 261 g/mol. The van der Waals surface area contributed by atoms with Gasteiger partial charge in [0.25, 0.3) is 5.56 Å². The first-order valence-electron chi connectivity index (χ1n) is 5.93. The molecular formula is C14H15NO4. The maximum absolute atomic E-state index is 12.3. The minimum Gasteiger partial charge on any atom is -0.506 e. The zero-order chi connectivity index (χ0) is 14.2. The van der Waals surface area contributed by atoms with Crippen molar-refractivity contribution in [1.29, 1.82) is 0 Å². The van der Waals surface area contributed by atoms with Crippen LogP contribution in [0.5, 0.6) is 5.75 Å². The standard InChI is InChI=1S/C14H15NO4/c1-8(2)10-12(16)11(14(18)19-3)9-6-4-5-7-15(9)13(10)17/h4-8,16H,1-3H3. The quantitative estimate of drug-likeness (QED) is 0.838. The van der Waals surface area contributed by atoms with Gasteiger partial charge in [-0.05, 0) is 18.1 Å². The zero-order valence-corrected chi connectivity index (χ0v) is 11.0. The molecule has 0 saturated carbocycles. The summed E-state index contributed by atoms with van der Waals surface area (Å²) < 4.78 is 6.03. The van der Waals surface area contributed by atoms with Crippen LogP contribution in [0.1, 0.15) is 35.7 Å². The number of aromatic nitrogens is 1. The van der Waals surface area contributed by atoms with Gasteiger partial charge >= 0.3 is 5.97 Å². The molecular weight excluding hydrogens is 246 g/mol. The van der Waals surface area contributed by atoms with Gasteiger partial charge in [-0.2, -0.15) is 0 Å². The number of esters is 1. The molecule has 100 valence electrons. The van der Waals surface area contributed by atoms with Crippen molar-refractivity contribution < 1.29 is 14.6 Å². The predicted octanol–water partition coefficient (Wildman–Crippen LogP) is 1.92. The Labute approximate surface area is 110 Å².